The monoisotopic (exact) mass is 290 g/mol. The van der Waals surface area contributed by atoms with Crippen LogP contribution in [-0.4, -0.2) is 45.4 Å². The van der Waals surface area contributed by atoms with Gasteiger partial charge >= 0.3 is 0 Å². The fourth-order valence-electron chi connectivity index (χ4n) is 1.76. The van der Waals surface area contributed by atoms with Gasteiger partial charge in [0.15, 0.2) is 5.16 Å². The zero-order chi connectivity index (χ0) is 14.7. The fraction of sp³-hybridized carbons (Fsp3) is 0.357. The van der Waals surface area contributed by atoms with Crippen molar-refractivity contribution in [2.75, 3.05) is 19.8 Å². The molecule has 0 fully saturated rings. The van der Waals surface area contributed by atoms with E-state index in [0.717, 1.165) is 16.7 Å². The van der Waals surface area contributed by atoms with Crippen molar-refractivity contribution >= 4 is 17.7 Å². The third-order valence-electron chi connectivity index (χ3n) is 2.88. The Labute approximate surface area is 123 Å². The van der Waals surface area contributed by atoms with E-state index in [1.54, 1.807) is 19.0 Å². The molecule has 0 radical (unpaired) electrons. The highest BCUT2D eigenvalue weighted by Crippen LogP contribution is 2.22. The van der Waals surface area contributed by atoms with Gasteiger partial charge in [0.05, 0.1) is 5.75 Å². The first-order valence-electron chi connectivity index (χ1n) is 6.31. The van der Waals surface area contributed by atoms with E-state index in [2.05, 4.69) is 16.3 Å². The van der Waals surface area contributed by atoms with Crippen molar-refractivity contribution in [1.82, 2.24) is 19.7 Å². The second-order valence-corrected chi connectivity index (χ2v) is 5.72. The molecule has 0 saturated carbocycles. The van der Waals surface area contributed by atoms with Gasteiger partial charge in [-0.3, -0.25) is 9.36 Å². The number of carbonyl (C=O) groups is 1. The zero-order valence-electron chi connectivity index (χ0n) is 12.1. The fourth-order valence-corrected chi connectivity index (χ4v) is 2.73. The lowest BCUT2D eigenvalue weighted by molar-refractivity contribution is -0.125. The summed E-state index contributed by atoms with van der Waals surface area (Å²) in [5.41, 5.74) is 2.20. The van der Waals surface area contributed by atoms with Gasteiger partial charge in [0.1, 0.15) is 5.82 Å². The van der Waals surface area contributed by atoms with Gasteiger partial charge in [0.2, 0.25) is 5.91 Å². The van der Waals surface area contributed by atoms with Crippen LogP contribution in [0.3, 0.4) is 0 Å². The lowest BCUT2D eigenvalue weighted by atomic mass is 10.2. The second-order valence-electron chi connectivity index (χ2n) is 4.78. The Hall–Kier alpha value is -1.82. The number of rotatable bonds is 4. The van der Waals surface area contributed by atoms with E-state index in [0.29, 0.717) is 5.75 Å². The molecule has 0 aliphatic rings. The molecule has 6 heteroatoms. The van der Waals surface area contributed by atoms with Crippen LogP contribution in [0, 0.1) is 13.8 Å². The summed E-state index contributed by atoms with van der Waals surface area (Å²) in [5.74, 6) is 1.23. The van der Waals surface area contributed by atoms with Gasteiger partial charge in [-0.1, -0.05) is 23.9 Å². The largest absolute Gasteiger partial charge is 0.348 e. The van der Waals surface area contributed by atoms with Gasteiger partial charge in [-0.05, 0) is 31.5 Å². The number of hydrogen-bond acceptors (Lipinski definition) is 4. The van der Waals surface area contributed by atoms with E-state index in [-0.39, 0.29) is 5.91 Å². The van der Waals surface area contributed by atoms with E-state index >= 15 is 0 Å². The van der Waals surface area contributed by atoms with Crippen molar-refractivity contribution < 1.29 is 4.79 Å². The van der Waals surface area contributed by atoms with Crippen molar-refractivity contribution in [3.63, 3.8) is 0 Å². The van der Waals surface area contributed by atoms with E-state index in [9.17, 15) is 4.79 Å². The number of hydrogen-bond donors (Lipinski definition) is 0. The molecule has 0 aliphatic carbocycles. The molecule has 0 aliphatic heterocycles. The molecule has 0 unspecified atom stereocenters. The van der Waals surface area contributed by atoms with Crippen molar-refractivity contribution in [1.29, 1.82) is 0 Å². The minimum atomic E-state index is 0.0615. The van der Waals surface area contributed by atoms with Crippen LogP contribution in [0.5, 0.6) is 0 Å². The Bertz CT molecular complexity index is 621. The Morgan fingerprint density at radius 2 is 2.05 bits per heavy atom. The van der Waals surface area contributed by atoms with Crippen molar-refractivity contribution in [2.24, 2.45) is 0 Å². The molecule has 1 aromatic heterocycles. The standard InChI is InChI=1S/C14H18N4OS/c1-10-6-5-7-12(8-10)18-11(2)15-16-14(18)20-9-13(19)17(3)4/h5-8H,9H2,1-4H3. The molecule has 0 N–H and O–H groups in total. The van der Waals surface area contributed by atoms with E-state index in [4.69, 9.17) is 0 Å². The molecule has 1 aromatic carbocycles. The van der Waals surface area contributed by atoms with Crippen LogP contribution < -0.4 is 0 Å². The predicted octanol–water partition coefficient (Wildman–Crippen LogP) is 2.06. The molecule has 2 rings (SSSR count). The highest BCUT2D eigenvalue weighted by molar-refractivity contribution is 7.99. The Balaban J connectivity index is 2.26. The molecule has 5 nitrogen and oxygen atoms in total. The van der Waals surface area contributed by atoms with Crippen molar-refractivity contribution in [2.45, 2.75) is 19.0 Å². The average molecular weight is 290 g/mol. The van der Waals surface area contributed by atoms with Crippen LogP contribution in [0.4, 0.5) is 0 Å². The molecule has 106 valence electrons. The van der Waals surface area contributed by atoms with Gasteiger partial charge in [-0.15, -0.1) is 10.2 Å². The Morgan fingerprint density at radius 3 is 2.70 bits per heavy atom. The number of thioether (sulfide) groups is 1. The second kappa shape index (κ2) is 6.09. The van der Waals surface area contributed by atoms with Gasteiger partial charge < -0.3 is 4.90 Å². The van der Waals surface area contributed by atoms with E-state index in [1.807, 2.05) is 36.6 Å². The number of benzene rings is 1. The van der Waals surface area contributed by atoms with Crippen LogP contribution in [0.15, 0.2) is 29.4 Å². The van der Waals surface area contributed by atoms with Gasteiger partial charge in [-0.25, -0.2) is 0 Å². The normalized spacial score (nSPS) is 10.6. The van der Waals surface area contributed by atoms with E-state index < -0.39 is 0 Å². The quantitative estimate of drug-likeness (QED) is 0.809. The summed E-state index contributed by atoms with van der Waals surface area (Å²) in [6.07, 6.45) is 0. The van der Waals surface area contributed by atoms with Gasteiger partial charge in [0.25, 0.3) is 0 Å². The first-order chi connectivity index (χ1) is 9.49. The summed E-state index contributed by atoms with van der Waals surface area (Å²) in [7, 11) is 3.50. The van der Waals surface area contributed by atoms with Crippen molar-refractivity contribution in [3.8, 4) is 5.69 Å². The molecular formula is C14H18N4OS. The first-order valence-corrected chi connectivity index (χ1v) is 7.29. The molecule has 0 spiro atoms. The molecule has 1 heterocycles. The smallest absolute Gasteiger partial charge is 0.232 e. The number of amides is 1. The van der Waals surface area contributed by atoms with Crippen LogP contribution in [0.25, 0.3) is 5.69 Å². The minimum absolute atomic E-state index is 0.0615. The highest BCUT2D eigenvalue weighted by atomic mass is 32.2. The number of nitrogens with zero attached hydrogens (tertiary/aromatic N) is 4. The van der Waals surface area contributed by atoms with Crippen LogP contribution >= 0.6 is 11.8 Å². The predicted molar refractivity (Wildman–Crippen MR) is 80.3 cm³/mol. The summed E-state index contributed by atoms with van der Waals surface area (Å²) in [4.78, 5) is 13.2. The number of aryl methyl sites for hydroxylation is 2. The maximum atomic E-state index is 11.7. The maximum absolute atomic E-state index is 11.7. The topological polar surface area (TPSA) is 51.0 Å². The van der Waals surface area contributed by atoms with Crippen LogP contribution in [0.2, 0.25) is 0 Å². The lowest BCUT2D eigenvalue weighted by Crippen LogP contribution is -2.23. The molecule has 20 heavy (non-hydrogen) atoms. The number of carbonyl (C=O) groups excluding carboxylic acids is 1. The third-order valence-corrected chi connectivity index (χ3v) is 3.79. The average Bonchev–Trinajstić information content (AvgIpc) is 2.77. The summed E-state index contributed by atoms with van der Waals surface area (Å²) in [5, 5.41) is 9.01. The van der Waals surface area contributed by atoms with Crippen LogP contribution in [-0.2, 0) is 4.79 Å². The maximum Gasteiger partial charge on any atom is 0.232 e. The molecule has 1 amide bonds. The zero-order valence-corrected chi connectivity index (χ0v) is 12.9. The van der Waals surface area contributed by atoms with Gasteiger partial charge in [-0.2, -0.15) is 0 Å². The SMILES string of the molecule is Cc1cccc(-n2c(C)nnc2SCC(=O)N(C)C)c1. The first kappa shape index (κ1) is 14.6. The van der Waals surface area contributed by atoms with E-state index in [1.165, 1.54) is 17.3 Å². The Kier molecular flexibility index (Phi) is 4.44. The van der Waals surface area contributed by atoms with Crippen molar-refractivity contribution in [3.05, 3.63) is 35.7 Å². The Morgan fingerprint density at radius 1 is 1.30 bits per heavy atom. The summed E-state index contributed by atoms with van der Waals surface area (Å²) in [6.45, 7) is 3.96. The lowest BCUT2D eigenvalue weighted by Gasteiger charge is -2.11. The highest BCUT2D eigenvalue weighted by Gasteiger charge is 2.14. The summed E-state index contributed by atoms with van der Waals surface area (Å²) >= 11 is 1.40. The van der Waals surface area contributed by atoms with Gasteiger partial charge in [0, 0.05) is 19.8 Å². The third kappa shape index (κ3) is 3.19. The molecular weight excluding hydrogens is 272 g/mol. The summed E-state index contributed by atoms with van der Waals surface area (Å²) < 4.78 is 1.97. The minimum Gasteiger partial charge on any atom is -0.348 e. The summed E-state index contributed by atoms with van der Waals surface area (Å²) in [6, 6.07) is 8.14. The molecule has 0 bridgehead atoms. The molecule has 0 saturated heterocycles. The molecule has 2 aromatic rings. The van der Waals surface area contributed by atoms with Crippen LogP contribution in [0.1, 0.15) is 11.4 Å². The molecule has 0 atom stereocenters. The number of aromatic nitrogens is 3.